The lowest BCUT2D eigenvalue weighted by atomic mass is 10.3. The van der Waals surface area contributed by atoms with E-state index in [2.05, 4.69) is 9.62 Å². The first-order chi connectivity index (χ1) is 10.5. The number of rotatable bonds is 7. The molecule has 8 heteroatoms. The number of nitrogens with one attached hydrogen (secondary N) is 1. The summed E-state index contributed by atoms with van der Waals surface area (Å²) in [5.41, 5.74) is 0. The van der Waals surface area contributed by atoms with E-state index in [1.54, 1.807) is 12.1 Å². The van der Waals surface area contributed by atoms with Crippen molar-refractivity contribution in [3.05, 3.63) is 24.3 Å². The standard InChI is InChI=1S/C14H22N2O5S/c1-20-13-2-4-14(5-3-13)22(18,19)15-12(11-17)10-16-6-8-21-9-7-16/h2-5,12,15,17H,6-11H2,1H3. The smallest absolute Gasteiger partial charge is 0.240 e. The van der Waals surface area contributed by atoms with Gasteiger partial charge in [0.05, 0.1) is 37.9 Å². The molecule has 22 heavy (non-hydrogen) atoms. The Hall–Kier alpha value is -1.19. The number of aliphatic hydroxyl groups is 1. The van der Waals surface area contributed by atoms with Crippen LogP contribution in [-0.2, 0) is 14.8 Å². The average molecular weight is 330 g/mol. The number of methoxy groups -OCH3 is 1. The summed E-state index contributed by atoms with van der Waals surface area (Å²) in [5, 5.41) is 9.44. The van der Waals surface area contributed by atoms with E-state index < -0.39 is 16.1 Å². The van der Waals surface area contributed by atoms with Crippen molar-refractivity contribution in [2.75, 3.05) is 46.6 Å². The van der Waals surface area contributed by atoms with Crippen LogP contribution in [0.4, 0.5) is 0 Å². The highest BCUT2D eigenvalue weighted by atomic mass is 32.2. The first kappa shape index (κ1) is 17.2. The molecule has 2 rings (SSSR count). The van der Waals surface area contributed by atoms with Gasteiger partial charge in [0.25, 0.3) is 0 Å². The molecule has 0 spiro atoms. The summed E-state index contributed by atoms with van der Waals surface area (Å²) >= 11 is 0. The van der Waals surface area contributed by atoms with Gasteiger partial charge in [-0.25, -0.2) is 13.1 Å². The Bertz CT molecular complexity index is 555. The Morgan fingerprint density at radius 3 is 2.50 bits per heavy atom. The summed E-state index contributed by atoms with van der Waals surface area (Å²) in [7, 11) is -2.15. The average Bonchev–Trinajstić information content (AvgIpc) is 2.55. The van der Waals surface area contributed by atoms with Crippen LogP contribution in [0.1, 0.15) is 0 Å². The minimum absolute atomic E-state index is 0.147. The fraction of sp³-hybridized carbons (Fsp3) is 0.571. The van der Waals surface area contributed by atoms with Crippen molar-refractivity contribution in [1.29, 1.82) is 0 Å². The lowest BCUT2D eigenvalue weighted by Crippen LogP contribution is -2.48. The third kappa shape index (κ3) is 4.65. The molecule has 1 aliphatic heterocycles. The molecule has 7 nitrogen and oxygen atoms in total. The number of hydrogen-bond acceptors (Lipinski definition) is 6. The van der Waals surface area contributed by atoms with Crippen LogP contribution in [0.5, 0.6) is 5.75 Å². The molecule has 1 fully saturated rings. The third-order valence-corrected chi connectivity index (χ3v) is 5.03. The van der Waals surface area contributed by atoms with Gasteiger partial charge < -0.3 is 14.6 Å². The number of sulfonamides is 1. The van der Waals surface area contributed by atoms with Gasteiger partial charge in [0.1, 0.15) is 5.75 Å². The maximum Gasteiger partial charge on any atom is 0.240 e. The molecular weight excluding hydrogens is 308 g/mol. The molecule has 1 aromatic carbocycles. The first-order valence-corrected chi connectivity index (χ1v) is 8.61. The molecule has 0 saturated carbocycles. The Morgan fingerprint density at radius 1 is 1.32 bits per heavy atom. The third-order valence-electron chi connectivity index (χ3n) is 3.49. The topological polar surface area (TPSA) is 88.1 Å². The molecular formula is C14H22N2O5S. The van der Waals surface area contributed by atoms with Gasteiger partial charge in [-0.15, -0.1) is 0 Å². The number of benzene rings is 1. The van der Waals surface area contributed by atoms with Crippen molar-refractivity contribution >= 4 is 10.0 Å². The van der Waals surface area contributed by atoms with Gasteiger partial charge >= 0.3 is 0 Å². The van der Waals surface area contributed by atoms with E-state index in [-0.39, 0.29) is 11.5 Å². The van der Waals surface area contributed by atoms with Crippen LogP contribution in [-0.4, -0.2) is 71.0 Å². The summed E-state index contributed by atoms with van der Waals surface area (Å²) in [4.78, 5) is 2.22. The van der Waals surface area contributed by atoms with Gasteiger partial charge in [-0.1, -0.05) is 0 Å². The van der Waals surface area contributed by atoms with E-state index in [4.69, 9.17) is 9.47 Å². The van der Waals surface area contributed by atoms with Gasteiger partial charge in [-0.3, -0.25) is 4.90 Å². The zero-order chi connectivity index (χ0) is 16.0. The summed E-state index contributed by atoms with van der Waals surface area (Å²) in [5.74, 6) is 0.589. The first-order valence-electron chi connectivity index (χ1n) is 7.12. The highest BCUT2D eigenvalue weighted by molar-refractivity contribution is 7.89. The van der Waals surface area contributed by atoms with Crippen molar-refractivity contribution in [3.8, 4) is 5.75 Å². The molecule has 0 aromatic heterocycles. The fourth-order valence-electron chi connectivity index (χ4n) is 2.27. The van der Waals surface area contributed by atoms with Gasteiger partial charge in [0.2, 0.25) is 10.0 Å². The molecule has 124 valence electrons. The number of ether oxygens (including phenoxy) is 2. The number of aliphatic hydroxyl groups excluding tert-OH is 1. The molecule has 1 heterocycles. The molecule has 1 aromatic rings. The van der Waals surface area contributed by atoms with Crippen molar-refractivity contribution in [3.63, 3.8) is 0 Å². The lowest BCUT2D eigenvalue weighted by Gasteiger charge is -2.30. The maximum atomic E-state index is 12.3. The van der Waals surface area contributed by atoms with Gasteiger partial charge in [-0.2, -0.15) is 0 Å². The lowest BCUT2D eigenvalue weighted by molar-refractivity contribution is 0.0314. The Labute approximate surface area is 130 Å². The van der Waals surface area contributed by atoms with Crippen molar-refractivity contribution in [2.45, 2.75) is 10.9 Å². The van der Waals surface area contributed by atoms with Crippen LogP contribution in [0.15, 0.2) is 29.2 Å². The highest BCUT2D eigenvalue weighted by Gasteiger charge is 2.22. The number of morpholine rings is 1. The van der Waals surface area contributed by atoms with Gasteiger partial charge in [0.15, 0.2) is 0 Å². The molecule has 1 unspecified atom stereocenters. The predicted molar refractivity (Wildman–Crippen MR) is 81.4 cm³/mol. The molecule has 0 bridgehead atoms. The Balaban J connectivity index is 2.00. The minimum atomic E-state index is -3.67. The molecule has 0 amide bonds. The summed E-state index contributed by atoms with van der Waals surface area (Å²) in [6.45, 7) is 2.93. The Morgan fingerprint density at radius 2 is 1.95 bits per heavy atom. The zero-order valence-corrected chi connectivity index (χ0v) is 13.4. The molecule has 1 atom stereocenters. The second kappa shape index (κ2) is 7.89. The molecule has 0 radical (unpaired) electrons. The highest BCUT2D eigenvalue weighted by Crippen LogP contribution is 2.15. The second-order valence-electron chi connectivity index (χ2n) is 5.09. The summed E-state index contributed by atoms with van der Waals surface area (Å²) < 4.78 is 37.5. The van der Waals surface area contributed by atoms with Crippen molar-refractivity contribution in [2.24, 2.45) is 0 Å². The van der Waals surface area contributed by atoms with Crippen LogP contribution in [0, 0.1) is 0 Å². The van der Waals surface area contributed by atoms with Crippen molar-refractivity contribution in [1.82, 2.24) is 9.62 Å². The number of nitrogens with zero attached hydrogens (tertiary/aromatic N) is 1. The maximum absolute atomic E-state index is 12.3. The molecule has 1 aliphatic rings. The predicted octanol–water partition coefficient (Wildman–Crippen LogP) is -0.333. The van der Waals surface area contributed by atoms with Crippen molar-refractivity contribution < 1.29 is 23.0 Å². The zero-order valence-electron chi connectivity index (χ0n) is 12.6. The summed E-state index contributed by atoms with van der Waals surface area (Å²) in [6.07, 6.45) is 0. The largest absolute Gasteiger partial charge is 0.497 e. The molecule has 0 aliphatic carbocycles. The van der Waals surface area contributed by atoms with E-state index in [1.165, 1.54) is 19.2 Å². The monoisotopic (exact) mass is 330 g/mol. The normalized spacial score (nSPS) is 18.1. The van der Waals surface area contributed by atoms with Crippen LogP contribution in [0.3, 0.4) is 0 Å². The van der Waals surface area contributed by atoms with E-state index in [1.807, 2.05) is 0 Å². The van der Waals surface area contributed by atoms with Crippen LogP contribution >= 0.6 is 0 Å². The summed E-state index contributed by atoms with van der Waals surface area (Å²) in [6, 6.07) is 5.58. The van der Waals surface area contributed by atoms with Gasteiger partial charge in [0, 0.05) is 19.6 Å². The fourth-order valence-corrected chi connectivity index (χ4v) is 3.49. The SMILES string of the molecule is COc1ccc(S(=O)(=O)NC(CO)CN2CCOCC2)cc1. The molecule has 1 saturated heterocycles. The van der Waals surface area contributed by atoms with Crippen LogP contribution in [0.2, 0.25) is 0 Å². The van der Waals surface area contributed by atoms with E-state index in [0.717, 1.165) is 13.1 Å². The quantitative estimate of drug-likeness (QED) is 0.712. The number of hydrogen-bond donors (Lipinski definition) is 2. The van der Waals surface area contributed by atoms with Crippen LogP contribution < -0.4 is 9.46 Å². The van der Waals surface area contributed by atoms with E-state index in [9.17, 15) is 13.5 Å². The van der Waals surface area contributed by atoms with Crippen LogP contribution in [0.25, 0.3) is 0 Å². The van der Waals surface area contributed by atoms with Gasteiger partial charge in [-0.05, 0) is 24.3 Å². The van der Waals surface area contributed by atoms with E-state index >= 15 is 0 Å². The molecule has 2 N–H and O–H groups in total. The Kier molecular flexibility index (Phi) is 6.16. The minimum Gasteiger partial charge on any atom is -0.497 e. The van der Waals surface area contributed by atoms with E-state index in [0.29, 0.717) is 25.5 Å². The second-order valence-corrected chi connectivity index (χ2v) is 6.80.